The Kier molecular flexibility index (Phi) is 6.85. The predicted molar refractivity (Wildman–Crippen MR) is 119 cm³/mol. The highest BCUT2D eigenvalue weighted by atomic mass is 32.1. The molecule has 2 heterocycles. The summed E-state index contributed by atoms with van der Waals surface area (Å²) >= 11 is 1.24. The van der Waals surface area contributed by atoms with Crippen LogP contribution in [0.5, 0.6) is 0 Å². The molecule has 0 radical (unpaired) electrons. The van der Waals surface area contributed by atoms with Gasteiger partial charge in [-0.25, -0.2) is 13.8 Å². The summed E-state index contributed by atoms with van der Waals surface area (Å²) < 4.78 is 26.5. The first kappa shape index (κ1) is 22.0. The Morgan fingerprint density at radius 1 is 1.06 bits per heavy atom. The molecule has 0 saturated carbocycles. The lowest BCUT2D eigenvalue weighted by molar-refractivity contribution is -0.117. The highest BCUT2D eigenvalue weighted by Crippen LogP contribution is 2.26. The van der Waals surface area contributed by atoms with Crippen LogP contribution in [-0.4, -0.2) is 53.4 Å². The number of hydrogen-bond donors (Lipinski definition) is 1. The van der Waals surface area contributed by atoms with E-state index in [1.807, 2.05) is 24.3 Å². The maximum absolute atomic E-state index is 13.4. The third-order valence-corrected chi connectivity index (χ3v) is 6.04. The van der Waals surface area contributed by atoms with E-state index in [4.69, 9.17) is 5.26 Å². The van der Waals surface area contributed by atoms with Gasteiger partial charge >= 0.3 is 0 Å². The van der Waals surface area contributed by atoms with Gasteiger partial charge in [-0.05, 0) is 35.9 Å². The van der Waals surface area contributed by atoms with Gasteiger partial charge in [0.1, 0.15) is 0 Å². The molecule has 1 aromatic heterocycles. The summed E-state index contributed by atoms with van der Waals surface area (Å²) in [5, 5.41) is 13.8. The minimum atomic E-state index is -0.931. The molecule has 4 rings (SSSR count). The van der Waals surface area contributed by atoms with Gasteiger partial charge in [0.2, 0.25) is 5.91 Å². The Bertz CT molecular complexity index is 1130. The lowest BCUT2D eigenvalue weighted by Gasteiger charge is -2.34. The van der Waals surface area contributed by atoms with Crippen LogP contribution < -0.4 is 5.32 Å². The number of hydrogen-bond acceptors (Lipinski definition) is 6. The first-order valence-electron chi connectivity index (χ1n) is 10.1. The van der Waals surface area contributed by atoms with Crippen molar-refractivity contribution in [3.63, 3.8) is 0 Å². The number of nitrogens with one attached hydrogen (secondary N) is 1. The van der Waals surface area contributed by atoms with Crippen molar-refractivity contribution < 1.29 is 13.6 Å². The van der Waals surface area contributed by atoms with Gasteiger partial charge in [-0.15, -0.1) is 11.3 Å². The third kappa shape index (κ3) is 5.53. The summed E-state index contributed by atoms with van der Waals surface area (Å²) in [4.78, 5) is 21.1. The van der Waals surface area contributed by atoms with Crippen molar-refractivity contribution >= 4 is 22.4 Å². The van der Waals surface area contributed by atoms with E-state index in [9.17, 15) is 13.6 Å². The first-order valence-corrected chi connectivity index (χ1v) is 11.0. The van der Waals surface area contributed by atoms with Gasteiger partial charge in [-0.3, -0.25) is 14.6 Å². The van der Waals surface area contributed by atoms with Crippen LogP contribution in [0.2, 0.25) is 0 Å². The van der Waals surface area contributed by atoms with Crippen molar-refractivity contribution in [3.8, 4) is 17.3 Å². The Morgan fingerprint density at radius 2 is 1.78 bits per heavy atom. The largest absolute Gasteiger partial charge is 0.301 e. The monoisotopic (exact) mass is 453 g/mol. The van der Waals surface area contributed by atoms with Crippen LogP contribution in [0.15, 0.2) is 47.8 Å². The molecule has 0 unspecified atom stereocenters. The van der Waals surface area contributed by atoms with Crippen LogP contribution in [-0.2, 0) is 11.3 Å². The molecule has 6 nitrogen and oxygen atoms in total. The quantitative estimate of drug-likeness (QED) is 0.616. The number of amides is 1. The Balaban J connectivity index is 1.24. The number of carbonyl (C=O) groups excluding carboxylic acids is 1. The van der Waals surface area contributed by atoms with Crippen molar-refractivity contribution in [3.05, 3.63) is 70.6 Å². The Hall–Kier alpha value is -3.19. The van der Waals surface area contributed by atoms with Crippen molar-refractivity contribution in [2.24, 2.45) is 0 Å². The van der Waals surface area contributed by atoms with Crippen LogP contribution in [0.1, 0.15) is 11.1 Å². The summed E-state index contributed by atoms with van der Waals surface area (Å²) in [7, 11) is 0. The smallest absolute Gasteiger partial charge is 0.240 e. The third-order valence-electron chi connectivity index (χ3n) is 5.29. The van der Waals surface area contributed by atoms with Gasteiger partial charge in [-0.2, -0.15) is 5.26 Å². The average molecular weight is 454 g/mol. The molecule has 2 aromatic carbocycles. The molecule has 1 saturated heterocycles. The highest BCUT2D eigenvalue weighted by molar-refractivity contribution is 7.14. The predicted octanol–water partition coefficient (Wildman–Crippen LogP) is 3.72. The van der Waals surface area contributed by atoms with E-state index in [0.717, 1.165) is 50.4 Å². The fourth-order valence-electron chi connectivity index (χ4n) is 3.53. The van der Waals surface area contributed by atoms with E-state index in [2.05, 4.69) is 26.2 Å². The van der Waals surface area contributed by atoms with Gasteiger partial charge in [-0.1, -0.05) is 12.1 Å². The number of carbonyl (C=O) groups is 1. The molecule has 3 aromatic rings. The molecule has 0 spiro atoms. The van der Waals surface area contributed by atoms with Gasteiger partial charge in [0, 0.05) is 43.7 Å². The first-order chi connectivity index (χ1) is 15.5. The average Bonchev–Trinajstić information content (AvgIpc) is 3.26. The molecule has 0 bridgehead atoms. The van der Waals surface area contributed by atoms with Crippen molar-refractivity contribution in [2.75, 3.05) is 38.0 Å². The number of anilines is 1. The molecule has 164 valence electrons. The topological polar surface area (TPSA) is 72.3 Å². The molecule has 1 N–H and O–H groups in total. The van der Waals surface area contributed by atoms with E-state index in [-0.39, 0.29) is 12.5 Å². The second kappa shape index (κ2) is 9.96. The fourth-order valence-corrected chi connectivity index (χ4v) is 4.27. The fraction of sp³-hybridized carbons (Fsp3) is 0.261. The zero-order valence-corrected chi connectivity index (χ0v) is 18.0. The van der Waals surface area contributed by atoms with Gasteiger partial charge < -0.3 is 5.32 Å². The lowest BCUT2D eigenvalue weighted by Crippen LogP contribution is -2.48. The van der Waals surface area contributed by atoms with Gasteiger partial charge in [0.15, 0.2) is 16.8 Å². The number of aromatic nitrogens is 1. The zero-order valence-electron chi connectivity index (χ0n) is 17.2. The summed E-state index contributed by atoms with van der Waals surface area (Å²) in [5.74, 6) is -1.99. The Morgan fingerprint density at radius 3 is 2.47 bits per heavy atom. The molecule has 0 aliphatic carbocycles. The lowest BCUT2D eigenvalue weighted by atomic mass is 10.1. The highest BCUT2D eigenvalue weighted by Gasteiger charge is 2.20. The van der Waals surface area contributed by atoms with Crippen LogP contribution in [0.3, 0.4) is 0 Å². The maximum atomic E-state index is 13.4. The molecule has 9 heteroatoms. The van der Waals surface area contributed by atoms with Crippen LogP contribution >= 0.6 is 11.3 Å². The summed E-state index contributed by atoms with van der Waals surface area (Å²) in [5.41, 5.74) is 2.76. The van der Waals surface area contributed by atoms with Crippen molar-refractivity contribution in [1.82, 2.24) is 14.8 Å². The van der Waals surface area contributed by atoms with E-state index in [1.165, 1.54) is 17.4 Å². The van der Waals surface area contributed by atoms with Crippen LogP contribution in [0, 0.1) is 23.0 Å². The molecule has 32 heavy (non-hydrogen) atoms. The number of nitrogens with zero attached hydrogens (tertiary/aromatic N) is 4. The van der Waals surface area contributed by atoms with Crippen LogP contribution in [0.4, 0.5) is 13.9 Å². The maximum Gasteiger partial charge on any atom is 0.240 e. The second-order valence-electron chi connectivity index (χ2n) is 7.58. The summed E-state index contributed by atoms with van der Waals surface area (Å²) in [6, 6.07) is 13.3. The van der Waals surface area contributed by atoms with Gasteiger partial charge in [0.25, 0.3) is 0 Å². The second-order valence-corrected chi connectivity index (χ2v) is 8.43. The number of rotatable bonds is 6. The molecular formula is C23H21F2N5OS. The molecule has 1 amide bonds. The summed E-state index contributed by atoms with van der Waals surface area (Å²) in [6.45, 7) is 4.35. The molecule has 1 aliphatic rings. The number of thiazole rings is 1. The van der Waals surface area contributed by atoms with E-state index in [1.54, 1.807) is 5.38 Å². The van der Waals surface area contributed by atoms with E-state index >= 15 is 0 Å². The number of nitriles is 1. The van der Waals surface area contributed by atoms with Crippen molar-refractivity contribution in [1.29, 1.82) is 5.26 Å². The molecule has 0 atom stereocenters. The molecule has 1 aliphatic heterocycles. The van der Waals surface area contributed by atoms with Crippen LogP contribution in [0.25, 0.3) is 11.3 Å². The number of halogens is 2. The Labute approximate surface area is 188 Å². The number of benzene rings is 2. The summed E-state index contributed by atoms with van der Waals surface area (Å²) in [6.07, 6.45) is 0. The molecule has 1 fully saturated rings. The minimum absolute atomic E-state index is 0.156. The zero-order chi connectivity index (χ0) is 22.5. The van der Waals surface area contributed by atoms with E-state index in [0.29, 0.717) is 22.0 Å². The van der Waals surface area contributed by atoms with Gasteiger partial charge in [0.05, 0.1) is 23.9 Å². The van der Waals surface area contributed by atoms with E-state index < -0.39 is 11.6 Å². The number of piperazine rings is 1. The standard InChI is InChI=1S/C23H21F2N5OS/c24-19-6-5-18(11-20(19)25)21-15-32-23(27-21)28-22(31)14-30-9-7-29(8-10-30)13-17-3-1-16(12-26)2-4-17/h1-6,11,15H,7-10,13-14H2,(H,27,28,31). The minimum Gasteiger partial charge on any atom is -0.301 e. The van der Waals surface area contributed by atoms with Crippen molar-refractivity contribution in [2.45, 2.75) is 6.54 Å². The molecular weight excluding hydrogens is 432 g/mol. The normalized spacial score (nSPS) is 14.8. The SMILES string of the molecule is N#Cc1ccc(CN2CCN(CC(=O)Nc3nc(-c4ccc(F)c(F)c4)cs3)CC2)cc1.